The molecule has 1 aromatic carbocycles. The third-order valence-corrected chi connectivity index (χ3v) is 3.55. The first kappa shape index (κ1) is 13.4. The van der Waals surface area contributed by atoms with Crippen molar-refractivity contribution in [1.29, 1.82) is 0 Å². The van der Waals surface area contributed by atoms with Crippen molar-refractivity contribution in [3.05, 3.63) is 23.2 Å². The van der Waals surface area contributed by atoms with Crippen molar-refractivity contribution in [2.24, 2.45) is 11.7 Å². The number of anilines is 2. The van der Waals surface area contributed by atoms with Gasteiger partial charge >= 0.3 is 0 Å². The Kier molecular flexibility index (Phi) is 4.30. The molecule has 1 unspecified atom stereocenters. The molecule has 2 rings (SSSR count). The van der Waals surface area contributed by atoms with E-state index >= 15 is 0 Å². The lowest BCUT2D eigenvalue weighted by molar-refractivity contribution is 0.447. The van der Waals surface area contributed by atoms with Crippen LogP contribution in [0, 0.1) is 5.92 Å². The van der Waals surface area contributed by atoms with Gasteiger partial charge in [-0.05, 0) is 49.2 Å². The molecule has 1 aliphatic heterocycles. The number of thiocarbonyl (C=S) groups is 1. The molecule has 0 amide bonds. The predicted molar refractivity (Wildman–Crippen MR) is 82.5 cm³/mol. The Labute approximate surface area is 118 Å². The first-order chi connectivity index (χ1) is 8.56. The summed E-state index contributed by atoms with van der Waals surface area (Å²) < 4.78 is 0. The standard InChI is InChI=1S/C13H18ClN3S/c1-9-3-2-6-17(8-9)12-5-4-10(14)7-11(12)16-13(15)18/h4-5,7,9H,2-3,6,8H2,1H3,(H3,15,16,18). The molecule has 1 atom stereocenters. The lowest BCUT2D eigenvalue weighted by atomic mass is 9.99. The van der Waals surface area contributed by atoms with Gasteiger partial charge in [0.2, 0.25) is 0 Å². The summed E-state index contributed by atoms with van der Waals surface area (Å²) in [6.45, 7) is 4.41. The molecule has 0 bridgehead atoms. The summed E-state index contributed by atoms with van der Waals surface area (Å²) in [6, 6.07) is 5.80. The van der Waals surface area contributed by atoms with E-state index < -0.39 is 0 Å². The van der Waals surface area contributed by atoms with E-state index in [2.05, 4.69) is 17.1 Å². The maximum absolute atomic E-state index is 6.03. The molecule has 0 aromatic heterocycles. The van der Waals surface area contributed by atoms with E-state index in [9.17, 15) is 0 Å². The highest BCUT2D eigenvalue weighted by Gasteiger charge is 2.19. The monoisotopic (exact) mass is 283 g/mol. The van der Waals surface area contributed by atoms with E-state index in [0.29, 0.717) is 10.9 Å². The lowest BCUT2D eigenvalue weighted by Gasteiger charge is -2.34. The van der Waals surface area contributed by atoms with Gasteiger partial charge in [-0.25, -0.2) is 0 Å². The zero-order chi connectivity index (χ0) is 13.1. The molecule has 0 saturated carbocycles. The third-order valence-electron chi connectivity index (χ3n) is 3.21. The molecule has 0 spiro atoms. The molecular weight excluding hydrogens is 266 g/mol. The van der Waals surface area contributed by atoms with Gasteiger partial charge in [-0.3, -0.25) is 0 Å². The predicted octanol–water partition coefficient (Wildman–Crippen LogP) is 3.23. The Hall–Kier alpha value is -1.00. The molecule has 0 radical (unpaired) electrons. The van der Waals surface area contributed by atoms with Gasteiger partial charge in [-0.1, -0.05) is 18.5 Å². The molecule has 1 fully saturated rings. The van der Waals surface area contributed by atoms with Gasteiger partial charge in [-0.15, -0.1) is 0 Å². The number of benzene rings is 1. The second kappa shape index (κ2) is 5.76. The Bertz CT molecular complexity index is 450. The largest absolute Gasteiger partial charge is 0.376 e. The summed E-state index contributed by atoms with van der Waals surface area (Å²) >= 11 is 10.9. The Morgan fingerprint density at radius 1 is 1.56 bits per heavy atom. The summed E-state index contributed by atoms with van der Waals surface area (Å²) in [5.74, 6) is 0.715. The summed E-state index contributed by atoms with van der Waals surface area (Å²) in [4.78, 5) is 2.37. The second-order valence-electron chi connectivity index (χ2n) is 4.84. The minimum Gasteiger partial charge on any atom is -0.376 e. The van der Waals surface area contributed by atoms with E-state index in [1.54, 1.807) is 0 Å². The van der Waals surface area contributed by atoms with Crippen molar-refractivity contribution >= 4 is 40.3 Å². The van der Waals surface area contributed by atoms with Crippen molar-refractivity contribution in [1.82, 2.24) is 0 Å². The van der Waals surface area contributed by atoms with Gasteiger partial charge in [0.05, 0.1) is 11.4 Å². The van der Waals surface area contributed by atoms with Crippen LogP contribution in [0.1, 0.15) is 19.8 Å². The quantitative estimate of drug-likeness (QED) is 0.818. The highest BCUT2D eigenvalue weighted by molar-refractivity contribution is 7.80. The fourth-order valence-electron chi connectivity index (χ4n) is 2.43. The van der Waals surface area contributed by atoms with Gasteiger partial charge in [0.1, 0.15) is 0 Å². The second-order valence-corrected chi connectivity index (χ2v) is 5.72. The van der Waals surface area contributed by atoms with Gasteiger partial charge in [0.15, 0.2) is 5.11 Å². The Morgan fingerprint density at radius 3 is 3.00 bits per heavy atom. The first-order valence-electron chi connectivity index (χ1n) is 6.17. The molecular formula is C13H18ClN3S. The van der Waals surface area contributed by atoms with Crippen molar-refractivity contribution in [3.8, 4) is 0 Å². The fourth-order valence-corrected chi connectivity index (χ4v) is 2.71. The number of nitrogens with two attached hydrogens (primary N) is 1. The number of nitrogens with zero attached hydrogens (tertiary/aromatic N) is 1. The van der Waals surface area contributed by atoms with E-state index in [-0.39, 0.29) is 5.11 Å². The van der Waals surface area contributed by atoms with E-state index in [4.69, 9.17) is 29.6 Å². The summed E-state index contributed by atoms with van der Waals surface area (Å²) in [5, 5.41) is 3.96. The zero-order valence-corrected chi connectivity index (χ0v) is 12.0. The number of nitrogens with one attached hydrogen (secondary N) is 1. The summed E-state index contributed by atoms with van der Waals surface area (Å²) in [6.07, 6.45) is 2.51. The first-order valence-corrected chi connectivity index (χ1v) is 6.96. The smallest absolute Gasteiger partial charge is 0.168 e. The molecule has 1 saturated heterocycles. The van der Waals surface area contributed by atoms with Crippen molar-refractivity contribution in [2.45, 2.75) is 19.8 Å². The third kappa shape index (κ3) is 3.27. The van der Waals surface area contributed by atoms with Crippen LogP contribution >= 0.6 is 23.8 Å². The minimum atomic E-state index is 0.267. The van der Waals surface area contributed by atoms with Crippen LogP contribution in [0.15, 0.2) is 18.2 Å². The van der Waals surface area contributed by atoms with E-state index in [1.807, 2.05) is 18.2 Å². The normalized spacial score (nSPS) is 19.7. The average molecular weight is 284 g/mol. The lowest BCUT2D eigenvalue weighted by Crippen LogP contribution is -2.35. The maximum Gasteiger partial charge on any atom is 0.168 e. The summed E-state index contributed by atoms with van der Waals surface area (Å²) in [7, 11) is 0. The zero-order valence-electron chi connectivity index (χ0n) is 10.4. The number of piperidine rings is 1. The molecule has 98 valence electrons. The highest BCUT2D eigenvalue weighted by atomic mass is 35.5. The SMILES string of the molecule is CC1CCCN(c2ccc(Cl)cc2NC(N)=S)C1. The van der Waals surface area contributed by atoms with Crippen LogP contribution in [0.2, 0.25) is 5.02 Å². The number of halogens is 1. The van der Waals surface area contributed by atoms with Gasteiger partial charge in [-0.2, -0.15) is 0 Å². The topological polar surface area (TPSA) is 41.3 Å². The van der Waals surface area contributed by atoms with E-state index in [0.717, 1.165) is 24.5 Å². The molecule has 0 aliphatic carbocycles. The van der Waals surface area contributed by atoms with Crippen LogP contribution in [0.3, 0.4) is 0 Å². The van der Waals surface area contributed by atoms with Gasteiger partial charge in [0, 0.05) is 18.1 Å². The van der Waals surface area contributed by atoms with Crippen LogP contribution in [-0.4, -0.2) is 18.2 Å². The van der Waals surface area contributed by atoms with Crippen LogP contribution in [-0.2, 0) is 0 Å². The minimum absolute atomic E-state index is 0.267. The highest BCUT2D eigenvalue weighted by Crippen LogP contribution is 2.32. The Morgan fingerprint density at radius 2 is 2.33 bits per heavy atom. The number of hydrogen-bond donors (Lipinski definition) is 2. The van der Waals surface area contributed by atoms with E-state index in [1.165, 1.54) is 12.8 Å². The molecule has 1 heterocycles. The van der Waals surface area contributed by atoms with Crippen LogP contribution in [0.25, 0.3) is 0 Å². The fraction of sp³-hybridized carbons (Fsp3) is 0.462. The van der Waals surface area contributed by atoms with Crippen molar-refractivity contribution < 1.29 is 0 Å². The number of hydrogen-bond acceptors (Lipinski definition) is 2. The van der Waals surface area contributed by atoms with Crippen molar-refractivity contribution in [3.63, 3.8) is 0 Å². The maximum atomic E-state index is 6.03. The molecule has 1 aromatic rings. The molecule has 18 heavy (non-hydrogen) atoms. The number of rotatable bonds is 2. The molecule has 3 N–H and O–H groups in total. The average Bonchev–Trinajstić information content (AvgIpc) is 2.28. The van der Waals surface area contributed by atoms with Gasteiger partial charge < -0.3 is 16.0 Å². The van der Waals surface area contributed by atoms with Crippen molar-refractivity contribution in [2.75, 3.05) is 23.3 Å². The molecule has 3 nitrogen and oxygen atoms in total. The van der Waals surface area contributed by atoms with Gasteiger partial charge in [0.25, 0.3) is 0 Å². The Balaban J connectivity index is 2.27. The molecule has 1 aliphatic rings. The van der Waals surface area contributed by atoms with Crippen LogP contribution < -0.4 is 16.0 Å². The van der Waals surface area contributed by atoms with Crippen LogP contribution in [0.4, 0.5) is 11.4 Å². The van der Waals surface area contributed by atoms with Crippen LogP contribution in [0.5, 0.6) is 0 Å². The molecule has 5 heteroatoms. The summed E-state index contributed by atoms with van der Waals surface area (Å²) in [5.41, 5.74) is 7.58.